The van der Waals surface area contributed by atoms with Gasteiger partial charge in [-0.05, 0) is 31.7 Å². The van der Waals surface area contributed by atoms with Gasteiger partial charge in [0.2, 0.25) is 0 Å². The maximum absolute atomic E-state index is 12.1. The summed E-state index contributed by atoms with van der Waals surface area (Å²) in [5.41, 5.74) is 0.891. The summed E-state index contributed by atoms with van der Waals surface area (Å²) in [5, 5.41) is 3.32. The lowest BCUT2D eigenvalue weighted by Gasteiger charge is -2.27. The molecule has 0 bridgehead atoms. The highest BCUT2D eigenvalue weighted by Crippen LogP contribution is 2.23. The lowest BCUT2D eigenvalue weighted by Crippen LogP contribution is -2.39. The summed E-state index contributed by atoms with van der Waals surface area (Å²) >= 11 is 0. The molecular weight excluding hydrogens is 190 g/mol. The predicted octanol–water partition coefficient (Wildman–Crippen LogP) is 1.50. The molecule has 15 heavy (non-hydrogen) atoms. The molecule has 0 amide bonds. The summed E-state index contributed by atoms with van der Waals surface area (Å²) in [5.74, 6) is 1.08. The van der Waals surface area contributed by atoms with Crippen molar-refractivity contribution in [2.45, 2.75) is 26.2 Å². The van der Waals surface area contributed by atoms with Crippen molar-refractivity contribution in [3.63, 3.8) is 0 Å². The molecule has 3 nitrogen and oxygen atoms in total. The van der Waals surface area contributed by atoms with Crippen molar-refractivity contribution in [1.29, 1.82) is 0 Å². The average molecular weight is 209 g/mol. The molecule has 0 aromatic heterocycles. The Balaban J connectivity index is 1.97. The van der Waals surface area contributed by atoms with Gasteiger partial charge in [0.25, 0.3) is 0 Å². The summed E-state index contributed by atoms with van der Waals surface area (Å²) in [4.78, 5) is 12.1. The molecule has 0 aromatic carbocycles. The van der Waals surface area contributed by atoms with Gasteiger partial charge in [-0.2, -0.15) is 0 Å². The van der Waals surface area contributed by atoms with E-state index in [4.69, 9.17) is 4.74 Å². The number of rotatable bonds is 2. The Morgan fingerprint density at radius 1 is 1.53 bits per heavy atom. The molecule has 3 heteroatoms. The van der Waals surface area contributed by atoms with Crippen LogP contribution in [0.5, 0.6) is 0 Å². The number of Topliss-reactive ketones (excluding diaryl/α,β-unsaturated/α-hetero) is 1. The van der Waals surface area contributed by atoms with Crippen LogP contribution in [-0.4, -0.2) is 25.5 Å². The summed E-state index contributed by atoms with van der Waals surface area (Å²) in [6.07, 6.45) is 4.56. The Kier molecular flexibility index (Phi) is 3.41. The van der Waals surface area contributed by atoms with Crippen LogP contribution in [0.3, 0.4) is 0 Å². The first-order valence-electron chi connectivity index (χ1n) is 5.83. The van der Waals surface area contributed by atoms with Crippen molar-refractivity contribution in [1.82, 2.24) is 5.32 Å². The van der Waals surface area contributed by atoms with E-state index in [0.717, 1.165) is 44.5 Å². The van der Waals surface area contributed by atoms with Crippen LogP contribution in [0.4, 0.5) is 0 Å². The molecule has 0 radical (unpaired) electrons. The van der Waals surface area contributed by atoms with Crippen molar-refractivity contribution >= 4 is 5.78 Å². The molecule has 1 saturated heterocycles. The second-order valence-electron chi connectivity index (χ2n) is 4.68. The van der Waals surface area contributed by atoms with Gasteiger partial charge in [0, 0.05) is 18.0 Å². The van der Waals surface area contributed by atoms with E-state index in [1.807, 2.05) is 0 Å². The minimum absolute atomic E-state index is 0.168. The highest BCUT2D eigenvalue weighted by atomic mass is 16.5. The van der Waals surface area contributed by atoms with E-state index in [9.17, 15) is 4.79 Å². The maximum Gasteiger partial charge on any atom is 0.166 e. The van der Waals surface area contributed by atoms with Gasteiger partial charge in [0.05, 0.1) is 12.9 Å². The zero-order valence-corrected chi connectivity index (χ0v) is 9.29. The fraction of sp³-hybridized carbons (Fsp3) is 0.750. The molecule has 1 fully saturated rings. The molecule has 2 aliphatic rings. The first kappa shape index (κ1) is 10.7. The van der Waals surface area contributed by atoms with Crippen LogP contribution in [-0.2, 0) is 9.53 Å². The van der Waals surface area contributed by atoms with E-state index in [-0.39, 0.29) is 5.92 Å². The van der Waals surface area contributed by atoms with Crippen LogP contribution in [0.15, 0.2) is 11.8 Å². The largest absolute Gasteiger partial charge is 0.501 e. The van der Waals surface area contributed by atoms with Gasteiger partial charge >= 0.3 is 0 Å². The van der Waals surface area contributed by atoms with Crippen LogP contribution < -0.4 is 5.32 Å². The number of piperidine rings is 1. The molecular formula is C12H19NO2. The van der Waals surface area contributed by atoms with E-state index in [2.05, 4.69) is 12.2 Å². The van der Waals surface area contributed by atoms with E-state index < -0.39 is 0 Å². The summed E-state index contributed by atoms with van der Waals surface area (Å²) in [6, 6.07) is 0. The van der Waals surface area contributed by atoms with Crippen molar-refractivity contribution in [3.05, 3.63) is 11.8 Å². The number of hydrogen-bond donors (Lipinski definition) is 1. The Morgan fingerprint density at radius 3 is 3.07 bits per heavy atom. The minimum atomic E-state index is 0.168. The fourth-order valence-corrected chi connectivity index (χ4v) is 2.36. The Hall–Kier alpha value is -0.830. The van der Waals surface area contributed by atoms with E-state index >= 15 is 0 Å². The van der Waals surface area contributed by atoms with Gasteiger partial charge < -0.3 is 10.1 Å². The summed E-state index contributed by atoms with van der Waals surface area (Å²) in [7, 11) is 0. The molecule has 0 aromatic rings. The van der Waals surface area contributed by atoms with E-state index in [1.54, 1.807) is 6.26 Å². The predicted molar refractivity (Wildman–Crippen MR) is 58.4 cm³/mol. The van der Waals surface area contributed by atoms with E-state index in [0.29, 0.717) is 11.7 Å². The average Bonchev–Trinajstić information content (AvgIpc) is 2.29. The van der Waals surface area contributed by atoms with Gasteiger partial charge in [-0.1, -0.05) is 6.92 Å². The van der Waals surface area contributed by atoms with Gasteiger partial charge in [-0.3, -0.25) is 4.79 Å². The Bertz CT molecular complexity index is 273. The number of ketones is 1. The third kappa shape index (κ3) is 2.59. The molecule has 2 aliphatic heterocycles. The first-order chi connectivity index (χ1) is 7.27. The third-order valence-corrected chi connectivity index (χ3v) is 3.19. The topological polar surface area (TPSA) is 38.3 Å². The SMILES string of the molecule is CC1CNCC(C(=O)C2=COCCC2)C1. The number of carbonyl (C=O) groups is 1. The molecule has 0 saturated carbocycles. The van der Waals surface area contributed by atoms with E-state index in [1.165, 1.54) is 0 Å². The highest BCUT2D eigenvalue weighted by molar-refractivity contribution is 5.97. The molecule has 0 spiro atoms. The zero-order chi connectivity index (χ0) is 10.7. The van der Waals surface area contributed by atoms with Crippen LogP contribution in [0.2, 0.25) is 0 Å². The molecule has 2 atom stereocenters. The van der Waals surface area contributed by atoms with Crippen molar-refractivity contribution in [2.75, 3.05) is 19.7 Å². The van der Waals surface area contributed by atoms with Gasteiger partial charge in [0.1, 0.15) is 0 Å². The Labute approximate surface area is 90.9 Å². The third-order valence-electron chi connectivity index (χ3n) is 3.19. The number of carbonyl (C=O) groups excluding carboxylic acids is 1. The standard InChI is InChI=1S/C12H19NO2/c1-9-5-11(7-13-6-9)12(14)10-3-2-4-15-8-10/h8-9,11,13H,2-7H2,1H3. The van der Waals surface area contributed by atoms with Gasteiger partial charge in [-0.25, -0.2) is 0 Å². The summed E-state index contributed by atoms with van der Waals surface area (Å²) in [6.45, 7) is 4.83. The number of nitrogens with one attached hydrogen (secondary N) is 1. The maximum atomic E-state index is 12.1. The lowest BCUT2D eigenvalue weighted by molar-refractivity contribution is -0.120. The van der Waals surface area contributed by atoms with Crippen LogP contribution in [0, 0.1) is 11.8 Å². The van der Waals surface area contributed by atoms with Crippen LogP contribution in [0.1, 0.15) is 26.2 Å². The van der Waals surface area contributed by atoms with Crippen molar-refractivity contribution < 1.29 is 9.53 Å². The zero-order valence-electron chi connectivity index (χ0n) is 9.29. The summed E-state index contributed by atoms with van der Waals surface area (Å²) < 4.78 is 5.22. The molecule has 2 rings (SSSR count). The molecule has 2 heterocycles. The monoisotopic (exact) mass is 209 g/mol. The van der Waals surface area contributed by atoms with Crippen molar-refractivity contribution in [3.8, 4) is 0 Å². The second kappa shape index (κ2) is 4.79. The molecule has 1 N–H and O–H groups in total. The smallest absolute Gasteiger partial charge is 0.166 e. The fourth-order valence-electron chi connectivity index (χ4n) is 2.36. The van der Waals surface area contributed by atoms with Gasteiger partial charge in [0.15, 0.2) is 5.78 Å². The molecule has 2 unspecified atom stereocenters. The Morgan fingerprint density at radius 2 is 2.40 bits per heavy atom. The molecule has 0 aliphatic carbocycles. The number of allylic oxidation sites excluding steroid dienone is 1. The molecule has 84 valence electrons. The minimum Gasteiger partial charge on any atom is -0.501 e. The van der Waals surface area contributed by atoms with Crippen molar-refractivity contribution in [2.24, 2.45) is 11.8 Å². The van der Waals surface area contributed by atoms with Crippen LogP contribution in [0.25, 0.3) is 0 Å². The van der Waals surface area contributed by atoms with Crippen LogP contribution >= 0.6 is 0 Å². The number of ether oxygens (including phenoxy) is 1. The lowest BCUT2D eigenvalue weighted by atomic mass is 9.85. The second-order valence-corrected chi connectivity index (χ2v) is 4.68. The highest BCUT2D eigenvalue weighted by Gasteiger charge is 2.27. The number of hydrogen-bond acceptors (Lipinski definition) is 3. The quantitative estimate of drug-likeness (QED) is 0.749. The first-order valence-corrected chi connectivity index (χ1v) is 5.83. The van der Waals surface area contributed by atoms with Gasteiger partial charge in [-0.15, -0.1) is 0 Å². The normalized spacial score (nSPS) is 31.7.